The lowest BCUT2D eigenvalue weighted by Crippen LogP contribution is -2.25. The van der Waals surface area contributed by atoms with E-state index >= 15 is 0 Å². The monoisotopic (exact) mass is 145 g/mol. The second-order valence-corrected chi connectivity index (χ2v) is 3.54. The second kappa shape index (κ2) is 3.33. The van der Waals surface area contributed by atoms with Crippen LogP contribution in [0.1, 0.15) is 20.3 Å². The van der Waals surface area contributed by atoms with Crippen molar-refractivity contribution in [2.24, 2.45) is 5.92 Å². The zero-order chi connectivity index (χ0) is 7.56. The summed E-state index contributed by atoms with van der Waals surface area (Å²) in [7, 11) is 0. The minimum Gasteiger partial charge on any atom is -0.300 e. The Morgan fingerprint density at radius 1 is 1.60 bits per heavy atom. The van der Waals surface area contributed by atoms with Crippen molar-refractivity contribution in [3.8, 4) is 0 Å². The van der Waals surface area contributed by atoms with Crippen molar-refractivity contribution < 1.29 is 4.39 Å². The summed E-state index contributed by atoms with van der Waals surface area (Å²) in [4.78, 5) is 2.20. The van der Waals surface area contributed by atoms with Crippen LogP contribution in [0.5, 0.6) is 0 Å². The standard InChI is InChI=1S/C8H16FN/c1-7(2)5-10-4-3-8(9)6-10/h7-8H,3-6H2,1-2H3/t8-/m0/s1. The van der Waals surface area contributed by atoms with Gasteiger partial charge in [0.05, 0.1) is 0 Å². The van der Waals surface area contributed by atoms with E-state index in [1.807, 2.05) is 0 Å². The molecular formula is C8H16FN. The van der Waals surface area contributed by atoms with Gasteiger partial charge in [-0.25, -0.2) is 4.39 Å². The van der Waals surface area contributed by atoms with Crippen molar-refractivity contribution in [2.45, 2.75) is 26.4 Å². The van der Waals surface area contributed by atoms with E-state index in [0.29, 0.717) is 12.5 Å². The molecule has 0 N–H and O–H groups in total. The van der Waals surface area contributed by atoms with Crippen molar-refractivity contribution in [2.75, 3.05) is 19.6 Å². The van der Waals surface area contributed by atoms with Crippen LogP contribution in [0.3, 0.4) is 0 Å². The molecule has 0 radical (unpaired) electrons. The fourth-order valence-corrected chi connectivity index (χ4v) is 1.47. The number of hydrogen-bond acceptors (Lipinski definition) is 1. The summed E-state index contributed by atoms with van der Waals surface area (Å²) in [6, 6.07) is 0. The van der Waals surface area contributed by atoms with Gasteiger partial charge in [0, 0.05) is 19.6 Å². The van der Waals surface area contributed by atoms with Gasteiger partial charge >= 0.3 is 0 Å². The first-order chi connectivity index (χ1) is 4.68. The molecule has 1 saturated heterocycles. The van der Waals surface area contributed by atoms with E-state index in [4.69, 9.17) is 0 Å². The van der Waals surface area contributed by atoms with Crippen LogP contribution in [0.2, 0.25) is 0 Å². The zero-order valence-electron chi connectivity index (χ0n) is 6.81. The summed E-state index contributed by atoms with van der Waals surface area (Å²) in [6.45, 7) is 7.02. The first-order valence-electron chi connectivity index (χ1n) is 4.05. The van der Waals surface area contributed by atoms with Crippen molar-refractivity contribution in [3.63, 3.8) is 0 Å². The van der Waals surface area contributed by atoms with Crippen molar-refractivity contribution in [3.05, 3.63) is 0 Å². The molecule has 2 heteroatoms. The Morgan fingerprint density at radius 3 is 2.70 bits per heavy atom. The van der Waals surface area contributed by atoms with Gasteiger partial charge in [-0.2, -0.15) is 0 Å². The Hall–Kier alpha value is -0.110. The highest BCUT2D eigenvalue weighted by molar-refractivity contribution is 4.74. The molecule has 10 heavy (non-hydrogen) atoms. The number of rotatable bonds is 2. The second-order valence-electron chi connectivity index (χ2n) is 3.54. The molecule has 0 amide bonds. The van der Waals surface area contributed by atoms with E-state index in [1.165, 1.54) is 0 Å². The summed E-state index contributed by atoms with van der Waals surface area (Å²) < 4.78 is 12.6. The largest absolute Gasteiger partial charge is 0.300 e. The maximum absolute atomic E-state index is 12.6. The van der Waals surface area contributed by atoms with Crippen LogP contribution in [0.4, 0.5) is 4.39 Å². The maximum atomic E-state index is 12.6. The summed E-state index contributed by atoms with van der Waals surface area (Å²) in [5.41, 5.74) is 0. The Bertz CT molecular complexity index is 103. The normalized spacial score (nSPS) is 28.2. The van der Waals surface area contributed by atoms with E-state index < -0.39 is 6.17 Å². The van der Waals surface area contributed by atoms with Crippen LogP contribution in [0.15, 0.2) is 0 Å². The summed E-state index contributed by atoms with van der Waals surface area (Å²) >= 11 is 0. The quantitative estimate of drug-likeness (QED) is 0.571. The Balaban J connectivity index is 2.18. The molecule has 0 aliphatic carbocycles. The topological polar surface area (TPSA) is 3.24 Å². The predicted octanol–water partition coefficient (Wildman–Crippen LogP) is 1.69. The fourth-order valence-electron chi connectivity index (χ4n) is 1.47. The molecule has 0 aromatic rings. The van der Waals surface area contributed by atoms with Crippen LogP contribution in [-0.4, -0.2) is 30.7 Å². The van der Waals surface area contributed by atoms with Gasteiger partial charge in [-0.05, 0) is 12.3 Å². The van der Waals surface area contributed by atoms with Gasteiger partial charge in [-0.15, -0.1) is 0 Å². The van der Waals surface area contributed by atoms with E-state index in [9.17, 15) is 4.39 Å². The molecule has 1 rings (SSSR count). The van der Waals surface area contributed by atoms with E-state index in [0.717, 1.165) is 19.5 Å². The van der Waals surface area contributed by atoms with Gasteiger partial charge in [0.25, 0.3) is 0 Å². The molecule has 1 nitrogen and oxygen atoms in total. The fraction of sp³-hybridized carbons (Fsp3) is 1.00. The SMILES string of the molecule is CC(C)CN1CC[C@H](F)C1. The smallest absolute Gasteiger partial charge is 0.114 e. The van der Waals surface area contributed by atoms with Gasteiger partial charge < -0.3 is 4.90 Å². The maximum Gasteiger partial charge on any atom is 0.114 e. The molecule has 1 fully saturated rings. The van der Waals surface area contributed by atoms with Gasteiger partial charge in [0.2, 0.25) is 0 Å². The highest BCUT2D eigenvalue weighted by Crippen LogP contribution is 2.13. The number of hydrogen-bond donors (Lipinski definition) is 0. The summed E-state index contributed by atoms with van der Waals surface area (Å²) in [5, 5.41) is 0. The minimum atomic E-state index is -0.557. The minimum absolute atomic E-state index is 0.557. The molecule has 0 unspecified atom stereocenters. The van der Waals surface area contributed by atoms with Gasteiger partial charge in [-0.1, -0.05) is 13.8 Å². The number of nitrogens with zero attached hydrogens (tertiary/aromatic N) is 1. The van der Waals surface area contributed by atoms with Gasteiger partial charge in [0.15, 0.2) is 0 Å². The van der Waals surface area contributed by atoms with Crippen molar-refractivity contribution >= 4 is 0 Å². The molecule has 0 aromatic carbocycles. The molecule has 1 heterocycles. The lowest BCUT2D eigenvalue weighted by atomic mass is 10.2. The summed E-state index contributed by atoms with van der Waals surface area (Å²) in [6.07, 6.45) is 0.186. The zero-order valence-corrected chi connectivity index (χ0v) is 6.81. The number of halogens is 1. The highest BCUT2D eigenvalue weighted by Gasteiger charge is 2.21. The Labute approximate surface area is 62.2 Å². The molecule has 60 valence electrons. The van der Waals surface area contributed by atoms with Crippen LogP contribution in [-0.2, 0) is 0 Å². The number of alkyl halides is 1. The molecule has 0 spiro atoms. The molecule has 0 saturated carbocycles. The average Bonchev–Trinajstić information content (AvgIpc) is 2.13. The summed E-state index contributed by atoms with van der Waals surface area (Å²) in [5.74, 6) is 0.672. The Morgan fingerprint density at radius 2 is 2.30 bits per heavy atom. The molecule has 0 bridgehead atoms. The predicted molar refractivity (Wildman–Crippen MR) is 40.8 cm³/mol. The third kappa shape index (κ3) is 2.25. The molecule has 1 aliphatic rings. The molecule has 1 atom stereocenters. The van der Waals surface area contributed by atoms with E-state index in [-0.39, 0.29) is 0 Å². The lowest BCUT2D eigenvalue weighted by Gasteiger charge is -2.16. The van der Waals surface area contributed by atoms with E-state index in [1.54, 1.807) is 0 Å². The molecular weight excluding hydrogens is 129 g/mol. The molecule has 1 aliphatic heterocycles. The van der Waals surface area contributed by atoms with Crippen molar-refractivity contribution in [1.29, 1.82) is 0 Å². The lowest BCUT2D eigenvalue weighted by molar-refractivity contribution is 0.264. The first-order valence-corrected chi connectivity index (χ1v) is 4.05. The third-order valence-electron chi connectivity index (χ3n) is 1.84. The van der Waals surface area contributed by atoms with Crippen LogP contribution in [0, 0.1) is 5.92 Å². The highest BCUT2D eigenvalue weighted by atomic mass is 19.1. The average molecular weight is 145 g/mol. The Kier molecular flexibility index (Phi) is 2.66. The van der Waals surface area contributed by atoms with E-state index in [2.05, 4.69) is 18.7 Å². The molecule has 0 aromatic heterocycles. The van der Waals surface area contributed by atoms with Crippen LogP contribution in [0.25, 0.3) is 0 Å². The van der Waals surface area contributed by atoms with Gasteiger partial charge in [0.1, 0.15) is 6.17 Å². The van der Waals surface area contributed by atoms with Crippen molar-refractivity contribution in [1.82, 2.24) is 4.90 Å². The first kappa shape index (κ1) is 7.99. The number of likely N-dealkylation sites (tertiary alicyclic amines) is 1. The third-order valence-corrected chi connectivity index (χ3v) is 1.84. The van der Waals surface area contributed by atoms with Crippen LogP contribution >= 0.6 is 0 Å². The van der Waals surface area contributed by atoms with Crippen LogP contribution < -0.4 is 0 Å². The van der Waals surface area contributed by atoms with Gasteiger partial charge in [-0.3, -0.25) is 0 Å².